The van der Waals surface area contributed by atoms with Crippen molar-refractivity contribution in [3.05, 3.63) is 29.8 Å². The van der Waals surface area contributed by atoms with Crippen molar-refractivity contribution in [1.82, 2.24) is 5.32 Å². The van der Waals surface area contributed by atoms with Gasteiger partial charge in [-0.15, -0.1) is 0 Å². The molecule has 0 atom stereocenters. The van der Waals surface area contributed by atoms with Gasteiger partial charge < -0.3 is 10.2 Å². The Morgan fingerprint density at radius 2 is 1.92 bits per heavy atom. The maximum Gasteiger partial charge on any atom is 0.411 e. The Morgan fingerprint density at radius 3 is 2.46 bits per heavy atom. The SMILES string of the molecule is O=C(O)NC(=O)c1ccccc1[O-]. The van der Waals surface area contributed by atoms with Gasteiger partial charge in [-0.25, -0.2) is 4.79 Å². The Kier molecular flexibility index (Phi) is 2.49. The van der Waals surface area contributed by atoms with Crippen molar-refractivity contribution in [2.45, 2.75) is 0 Å². The highest BCUT2D eigenvalue weighted by Crippen LogP contribution is 2.11. The molecule has 2 amide bonds. The van der Waals surface area contributed by atoms with E-state index in [1.165, 1.54) is 24.3 Å². The van der Waals surface area contributed by atoms with Gasteiger partial charge in [-0.1, -0.05) is 30.0 Å². The van der Waals surface area contributed by atoms with E-state index in [2.05, 4.69) is 0 Å². The van der Waals surface area contributed by atoms with E-state index >= 15 is 0 Å². The fourth-order valence-corrected chi connectivity index (χ4v) is 0.819. The Bertz CT molecular complexity index is 348. The minimum Gasteiger partial charge on any atom is -0.872 e. The van der Waals surface area contributed by atoms with Gasteiger partial charge in [0.2, 0.25) is 0 Å². The van der Waals surface area contributed by atoms with Crippen LogP contribution in [-0.2, 0) is 0 Å². The molecule has 0 saturated heterocycles. The first kappa shape index (κ1) is 9.05. The van der Waals surface area contributed by atoms with Gasteiger partial charge in [0.15, 0.2) is 0 Å². The zero-order valence-corrected chi connectivity index (χ0v) is 6.48. The predicted molar refractivity (Wildman–Crippen MR) is 41.4 cm³/mol. The molecule has 0 heterocycles. The second-order valence-corrected chi connectivity index (χ2v) is 2.26. The number of amides is 2. The van der Waals surface area contributed by atoms with E-state index in [0.29, 0.717) is 0 Å². The molecule has 0 aromatic heterocycles. The van der Waals surface area contributed by atoms with E-state index in [9.17, 15) is 14.7 Å². The van der Waals surface area contributed by atoms with Crippen molar-refractivity contribution in [2.24, 2.45) is 0 Å². The lowest BCUT2D eigenvalue weighted by Gasteiger charge is -2.10. The van der Waals surface area contributed by atoms with Gasteiger partial charge in [0.1, 0.15) is 0 Å². The van der Waals surface area contributed by atoms with Crippen molar-refractivity contribution in [3.8, 4) is 5.75 Å². The number of imide groups is 1. The summed E-state index contributed by atoms with van der Waals surface area (Å²) in [6.45, 7) is 0. The number of para-hydroxylation sites is 1. The molecule has 1 aromatic rings. The molecular formula is C8H6NO4-. The molecule has 0 spiro atoms. The van der Waals surface area contributed by atoms with E-state index in [4.69, 9.17) is 5.11 Å². The number of nitrogens with one attached hydrogen (secondary N) is 1. The Balaban J connectivity index is 2.89. The maximum atomic E-state index is 11.0. The van der Waals surface area contributed by atoms with Gasteiger partial charge in [0.25, 0.3) is 5.91 Å². The topological polar surface area (TPSA) is 89.5 Å². The molecule has 13 heavy (non-hydrogen) atoms. The molecule has 1 aromatic carbocycles. The van der Waals surface area contributed by atoms with Crippen LogP contribution < -0.4 is 10.4 Å². The molecule has 68 valence electrons. The molecule has 2 N–H and O–H groups in total. The summed E-state index contributed by atoms with van der Waals surface area (Å²) in [5.41, 5.74) is -0.176. The maximum absolute atomic E-state index is 11.0. The molecule has 0 aliphatic rings. The lowest BCUT2D eigenvalue weighted by atomic mass is 10.2. The number of carbonyl (C=O) groups excluding carboxylic acids is 1. The van der Waals surface area contributed by atoms with Crippen molar-refractivity contribution in [1.29, 1.82) is 0 Å². The monoisotopic (exact) mass is 180 g/mol. The van der Waals surface area contributed by atoms with E-state index in [1.807, 2.05) is 0 Å². The Morgan fingerprint density at radius 1 is 1.31 bits per heavy atom. The van der Waals surface area contributed by atoms with E-state index in [0.717, 1.165) is 0 Å². The van der Waals surface area contributed by atoms with Crippen molar-refractivity contribution in [2.75, 3.05) is 0 Å². The second kappa shape index (κ2) is 3.57. The summed E-state index contributed by atoms with van der Waals surface area (Å²) in [6.07, 6.45) is -1.48. The van der Waals surface area contributed by atoms with Crippen LogP contribution in [0.1, 0.15) is 10.4 Å². The minimum absolute atomic E-state index is 0.176. The van der Waals surface area contributed by atoms with Gasteiger partial charge in [0, 0.05) is 5.56 Å². The third kappa shape index (κ3) is 2.19. The number of carboxylic acid groups (broad SMARTS) is 1. The molecule has 5 nitrogen and oxygen atoms in total. The predicted octanol–water partition coefficient (Wildman–Crippen LogP) is 0.168. The fourth-order valence-electron chi connectivity index (χ4n) is 0.819. The summed E-state index contributed by atoms with van der Waals surface area (Å²) in [7, 11) is 0. The number of carbonyl (C=O) groups is 2. The number of hydrogen-bond donors (Lipinski definition) is 2. The van der Waals surface area contributed by atoms with Gasteiger partial charge in [0.05, 0.1) is 0 Å². The van der Waals surface area contributed by atoms with Crippen molar-refractivity contribution >= 4 is 12.0 Å². The van der Waals surface area contributed by atoms with E-state index < -0.39 is 17.7 Å². The highest BCUT2D eigenvalue weighted by atomic mass is 16.4. The zero-order valence-electron chi connectivity index (χ0n) is 6.48. The van der Waals surface area contributed by atoms with Gasteiger partial charge in [-0.05, 0) is 0 Å². The zero-order chi connectivity index (χ0) is 9.84. The van der Waals surface area contributed by atoms with E-state index in [-0.39, 0.29) is 5.56 Å². The third-order valence-electron chi connectivity index (χ3n) is 1.35. The fraction of sp³-hybridized carbons (Fsp3) is 0. The molecule has 0 aliphatic carbocycles. The van der Waals surface area contributed by atoms with Crippen LogP contribution in [0.25, 0.3) is 0 Å². The van der Waals surface area contributed by atoms with Crippen LogP contribution in [0.4, 0.5) is 4.79 Å². The Labute approximate surface area is 73.6 Å². The molecule has 0 bridgehead atoms. The summed E-state index contributed by atoms with van der Waals surface area (Å²) in [4.78, 5) is 21.0. The summed E-state index contributed by atoms with van der Waals surface area (Å²) in [5.74, 6) is -1.40. The van der Waals surface area contributed by atoms with Gasteiger partial charge >= 0.3 is 6.09 Å². The third-order valence-corrected chi connectivity index (χ3v) is 1.35. The molecule has 0 radical (unpaired) electrons. The van der Waals surface area contributed by atoms with Crippen LogP contribution >= 0.6 is 0 Å². The first-order chi connectivity index (χ1) is 6.11. The first-order valence-corrected chi connectivity index (χ1v) is 3.41. The molecule has 1 rings (SSSR count). The molecule has 0 aliphatic heterocycles. The lowest BCUT2D eigenvalue weighted by molar-refractivity contribution is -0.268. The van der Waals surface area contributed by atoms with Gasteiger partial charge in [-0.3, -0.25) is 10.1 Å². The summed E-state index contributed by atoms with van der Waals surface area (Å²) >= 11 is 0. The largest absolute Gasteiger partial charge is 0.872 e. The van der Waals surface area contributed by atoms with Crippen LogP contribution in [0.15, 0.2) is 24.3 Å². The number of rotatable bonds is 1. The van der Waals surface area contributed by atoms with Crippen LogP contribution in [0, 0.1) is 0 Å². The van der Waals surface area contributed by atoms with Crippen LogP contribution in [0.3, 0.4) is 0 Å². The summed E-state index contributed by atoms with van der Waals surface area (Å²) < 4.78 is 0. The quantitative estimate of drug-likeness (QED) is 0.644. The van der Waals surface area contributed by atoms with Crippen LogP contribution in [0.5, 0.6) is 5.75 Å². The normalized spacial score (nSPS) is 9.23. The number of benzene rings is 1. The van der Waals surface area contributed by atoms with Crippen LogP contribution in [0.2, 0.25) is 0 Å². The molecule has 5 heteroatoms. The molecule has 0 unspecified atom stereocenters. The van der Waals surface area contributed by atoms with Crippen molar-refractivity contribution in [3.63, 3.8) is 0 Å². The molecule has 0 saturated carbocycles. The van der Waals surface area contributed by atoms with Crippen LogP contribution in [-0.4, -0.2) is 17.1 Å². The molecule has 0 fully saturated rings. The second-order valence-electron chi connectivity index (χ2n) is 2.26. The Hall–Kier alpha value is -2.04. The standard InChI is InChI=1S/C8H7NO4/c10-6-4-2-1-3-5(6)7(11)9-8(12)13/h1-4,10H,(H,9,11)(H,12,13)/p-1. The highest BCUT2D eigenvalue weighted by Gasteiger charge is 2.07. The average molecular weight is 180 g/mol. The first-order valence-electron chi connectivity index (χ1n) is 3.41. The summed E-state index contributed by atoms with van der Waals surface area (Å²) in [6, 6.07) is 5.41. The van der Waals surface area contributed by atoms with Gasteiger partial charge in [-0.2, -0.15) is 0 Å². The minimum atomic E-state index is -1.48. The lowest BCUT2D eigenvalue weighted by Crippen LogP contribution is -2.29. The highest BCUT2D eigenvalue weighted by molar-refractivity contribution is 6.03. The average Bonchev–Trinajstić information content (AvgIpc) is 2.03. The van der Waals surface area contributed by atoms with Crippen molar-refractivity contribution < 1.29 is 19.8 Å². The number of hydrogen-bond acceptors (Lipinski definition) is 3. The summed E-state index contributed by atoms with van der Waals surface area (Å²) in [5, 5.41) is 20.8. The molecular weight excluding hydrogens is 174 g/mol. The smallest absolute Gasteiger partial charge is 0.411 e. The van der Waals surface area contributed by atoms with E-state index in [1.54, 1.807) is 5.32 Å².